The molecule has 0 bridgehead atoms. The average molecular weight is 378 g/mol. The van der Waals surface area contributed by atoms with E-state index in [1.165, 1.54) is 18.2 Å². The second kappa shape index (κ2) is 7.97. The maximum absolute atomic E-state index is 14.0. The van der Waals surface area contributed by atoms with Crippen molar-refractivity contribution in [2.75, 3.05) is 0 Å². The summed E-state index contributed by atoms with van der Waals surface area (Å²) in [5, 5.41) is 5.18. The molecule has 2 N–H and O–H groups in total. The van der Waals surface area contributed by atoms with Crippen LogP contribution in [0, 0.1) is 12.7 Å². The summed E-state index contributed by atoms with van der Waals surface area (Å²) in [7, 11) is -3.92. The Hall–Kier alpha value is -2.25. The van der Waals surface area contributed by atoms with Gasteiger partial charge in [0.15, 0.2) is 0 Å². The van der Waals surface area contributed by atoms with Crippen LogP contribution in [0.5, 0.6) is 0 Å². The second-order valence-corrected chi connectivity index (χ2v) is 7.86. The first-order chi connectivity index (χ1) is 12.1. The molecule has 140 valence electrons. The number of benzene rings is 2. The first-order valence-electron chi connectivity index (χ1n) is 8.33. The van der Waals surface area contributed by atoms with E-state index in [0.29, 0.717) is 17.5 Å². The first-order valence-corrected chi connectivity index (χ1v) is 9.87. The van der Waals surface area contributed by atoms with Crippen molar-refractivity contribution in [3.63, 3.8) is 0 Å². The van der Waals surface area contributed by atoms with E-state index in [1.54, 1.807) is 36.1 Å². The van der Waals surface area contributed by atoms with Crippen LogP contribution in [0.15, 0.2) is 47.4 Å². The SMILES string of the molecule is CCC(C)N(Cc1ccccc1F)C(=O)c1cc(S(N)(=O)=O)ccc1C. The molecule has 1 unspecified atom stereocenters. The minimum atomic E-state index is -3.92. The van der Waals surface area contributed by atoms with E-state index in [-0.39, 0.29) is 34.8 Å². The fourth-order valence-electron chi connectivity index (χ4n) is 2.62. The summed E-state index contributed by atoms with van der Waals surface area (Å²) < 4.78 is 37.3. The summed E-state index contributed by atoms with van der Waals surface area (Å²) in [6.45, 7) is 5.62. The standard InChI is InChI=1S/C19H23FN2O3S/c1-4-14(3)22(12-15-7-5-6-8-18(15)20)19(23)17-11-16(26(21,24)25)10-9-13(17)2/h5-11,14H,4,12H2,1-3H3,(H2,21,24,25). The minimum absolute atomic E-state index is 0.0968. The van der Waals surface area contributed by atoms with Crippen molar-refractivity contribution < 1.29 is 17.6 Å². The Bertz CT molecular complexity index is 913. The zero-order valence-electron chi connectivity index (χ0n) is 15.1. The van der Waals surface area contributed by atoms with Gasteiger partial charge in [-0.05, 0) is 44.0 Å². The molecule has 1 amide bonds. The number of hydrogen-bond donors (Lipinski definition) is 1. The molecular weight excluding hydrogens is 355 g/mol. The van der Waals surface area contributed by atoms with Crippen LogP contribution < -0.4 is 5.14 Å². The third kappa shape index (κ3) is 4.47. The fourth-order valence-corrected chi connectivity index (χ4v) is 3.16. The smallest absolute Gasteiger partial charge is 0.254 e. The van der Waals surface area contributed by atoms with Gasteiger partial charge >= 0.3 is 0 Å². The van der Waals surface area contributed by atoms with E-state index in [2.05, 4.69) is 0 Å². The zero-order valence-corrected chi connectivity index (χ0v) is 15.9. The van der Waals surface area contributed by atoms with Gasteiger partial charge in [-0.3, -0.25) is 4.79 Å². The van der Waals surface area contributed by atoms with E-state index in [4.69, 9.17) is 5.14 Å². The fraction of sp³-hybridized carbons (Fsp3) is 0.316. The summed E-state index contributed by atoms with van der Waals surface area (Å²) >= 11 is 0. The van der Waals surface area contributed by atoms with Crippen LogP contribution in [0.4, 0.5) is 4.39 Å². The van der Waals surface area contributed by atoms with Gasteiger partial charge in [-0.2, -0.15) is 0 Å². The van der Waals surface area contributed by atoms with Gasteiger partial charge in [0.1, 0.15) is 5.82 Å². The van der Waals surface area contributed by atoms with Gasteiger partial charge in [0.05, 0.1) is 4.90 Å². The summed E-state index contributed by atoms with van der Waals surface area (Å²) in [6, 6.07) is 10.3. The number of primary sulfonamides is 1. The van der Waals surface area contributed by atoms with Crippen LogP contribution in [0.25, 0.3) is 0 Å². The van der Waals surface area contributed by atoms with Crippen molar-refractivity contribution in [1.82, 2.24) is 4.90 Å². The molecule has 0 saturated carbocycles. The van der Waals surface area contributed by atoms with Crippen molar-refractivity contribution in [1.29, 1.82) is 0 Å². The summed E-state index contributed by atoms with van der Waals surface area (Å²) in [5.41, 5.74) is 1.28. The molecular formula is C19H23FN2O3S. The lowest BCUT2D eigenvalue weighted by Crippen LogP contribution is -2.38. The van der Waals surface area contributed by atoms with Crippen molar-refractivity contribution in [3.8, 4) is 0 Å². The highest BCUT2D eigenvalue weighted by Gasteiger charge is 2.24. The number of sulfonamides is 1. The predicted octanol–water partition coefficient (Wildman–Crippen LogP) is 3.22. The van der Waals surface area contributed by atoms with Crippen LogP contribution in [-0.4, -0.2) is 25.3 Å². The molecule has 0 saturated heterocycles. The lowest BCUT2D eigenvalue weighted by Gasteiger charge is -2.29. The number of carbonyl (C=O) groups excluding carboxylic acids is 1. The van der Waals surface area contributed by atoms with E-state index < -0.39 is 10.0 Å². The molecule has 0 aliphatic rings. The van der Waals surface area contributed by atoms with Crippen LogP contribution in [0.1, 0.15) is 41.8 Å². The number of hydrogen-bond acceptors (Lipinski definition) is 3. The molecule has 2 rings (SSSR count). The number of carbonyl (C=O) groups is 1. The summed E-state index contributed by atoms with van der Waals surface area (Å²) in [6.07, 6.45) is 0.675. The van der Waals surface area contributed by atoms with Crippen LogP contribution >= 0.6 is 0 Å². The quantitative estimate of drug-likeness (QED) is 0.838. The van der Waals surface area contributed by atoms with Crippen molar-refractivity contribution in [3.05, 3.63) is 65.0 Å². The second-order valence-electron chi connectivity index (χ2n) is 6.30. The van der Waals surface area contributed by atoms with Crippen molar-refractivity contribution in [2.45, 2.75) is 44.7 Å². The number of rotatable bonds is 6. The molecule has 7 heteroatoms. The van der Waals surface area contributed by atoms with E-state index in [0.717, 1.165) is 0 Å². The summed E-state index contributed by atoms with van der Waals surface area (Å²) in [4.78, 5) is 14.6. The molecule has 0 aromatic heterocycles. The van der Waals surface area contributed by atoms with Gasteiger partial charge in [0, 0.05) is 23.7 Å². The average Bonchev–Trinajstić information content (AvgIpc) is 2.59. The van der Waals surface area contributed by atoms with Crippen LogP contribution in [0.3, 0.4) is 0 Å². The number of amides is 1. The molecule has 2 aromatic rings. The lowest BCUT2D eigenvalue weighted by molar-refractivity contribution is 0.0668. The Morgan fingerprint density at radius 2 is 1.88 bits per heavy atom. The Morgan fingerprint density at radius 1 is 1.23 bits per heavy atom. The monoisotopic (exact) mass is 378 g/mol. The number of halogens is 1. The molecule has 2 aromatic carbocycles. The third-order valence-corrected chi connectivity index (χ3v) is 5.36. The Kier molecular flexibility index (Phi) is 6.15. The lowest BCUT2D eigenvalue weighted by atomic mass is 10.0. The maximum atomic E-state index is 14.0. The molecule has 0 aliphatic carbocycles. The number of nitrogens with two attached hydrogens (primary N) is 1. The Balaban J connectivity index is 2.46. The number of nitrogens with zero attached hydrogens (tertiary/aromatic N) is 1. The van der Waals surface area contributed by atoms with Gasteiger partial charge in [-0.1, -0.05) is 31.2 Å². The van der Waals surface area contributed by atoms with Gasteiger partial charge in [0.25, 0.3) is 5.91 Å². The highest BCUT2D eigenvalue weighted by Crippen LogP contribution is 2.21. The van der Waals surface area contributed by atoms with Crippen molar-refractivity contribution >= 4 is 15.9 Å². The zero-order chi connectivity index (χ0) is 19.5. The molecule has 0 fully saturated rings. The first kappa shape index (κ1) is 20.1. The van der Waals surface area contributed by atoms with Gasteiger partial charge in [0.2, 0.25) is 10.0 Å². The highest BCUT2D eigenvalue weighted by atomic mass is 32.2. The molecule has 0 spiro atoms. The van der Waals surface area contributed by atoms with E-state index >= 15 is 0 Å². The molecule has 1 atom stereocenters. The third-order valence-electron chi connectivity index (χ3n) is 4.45. The van der Waals surface area contributed by atoms with Crippen molar-refractivity contribution in [2.24, 2.45) is 5.14 Å². The minimum Gasteiger partial charge on any atom is -0.332 e. The largest absolute Gasteiger partial charge is 0.332 e. The van der Waals surface area contributed by atoms with E-state index in [9.17, 15) is 17.6 Å². The van der Waals surface area contributed by atoms with Gasteiger partial charge in [-0.25, -0.2) is 17.9 Å². The Labute approximate surface area is 153 Å². The normalized spacial score (nSPS) is 12.7. The predicted molar refractivity (Wildman–Crippen MR) is 98.6 cm³/mol. The molecule has 0 heterocycles. The van der Waals surface area contributed by atoms with E-state index in [1.807, 2.05) is 13.8 Å². The van der Waals surface area contributed by atoms with Gasteiger partial charge in [-0.15, -0.1) is 0 Å². The maximum Gasteiger partial charge on any atom is 0.254 e. The van der Waals surface area contributed by atoms with Gasteiger partial charge < -0.3 is 4.90 Å². The highest BCUT2D eigenvalue weighted by molar-refractivity contribution is 7.89. The molecule has 0 radical (unpaired) electrons. The topological polar surface area (TPSA) is 80.5 Å². The number of aryl methyl sites for hydroxylation is 1. The molecule has 5 nitrogen and oxygen atoms in total. The Morgan fingerprint density at radius 3 is 2.46 bits per heavy atom. The van der Waals surface area contributed by atoms with Crippen LogP contribution in [0.2, 0.25) is 0 Å². The molecule has 26 heavy (non-hydrogen) atoms. The summed E-state index contributed by atoms with van der Waals surface area (Å²) in [5.74, 6) is -0.741. The molecule has 0 aliphatic heterocycles. The van der Waals surface area contributed by atoms with Crippen LogP contribution in [-0.2, 0) is 16.6 Å².